The highest BCUT2D eigenvalue weighted by atomic mass is 32.2. The van der Waals surface area contributed by atoms with Gasteiger partial charge in [-0.1, -0.05) is 38.1 Å². The Morgan fingerprint density at radius 3 is 2.60 bits per heavy atom. The number of rotatable bonds is 7. The summed E-state index contributed by atoms with van der Waals surface area (Å²) < 4.78 is 5.55. The van der Waals surface area contributed by atoms with Gasteiger partial charge in [0, 0.05) is 69.2 Å². The maximum absolute atomic E-state index is 13.8. The van der Waals surface area contributed by atoms with Gasteiger partial charge >= 0.3 is 6.03 Å². The monoisotopic (exact) mass is 592 g/mol. The van der Waals surface area contributed by atoms with Crippen molar-refractivity contribution < 1.29 is 19.1 Å². The smallest absolute Gasteiger partial charge is 0.322 e. The van der Waals surface area contributed by atoms with E-state index in [1.807, 2.05) is 45.0 Å². The molecule has 0 saturated carbocycles. The Bertz CT molecular complexity index is 1310. The van der Waals surface area contributed by atoms with Gasteiger partial charge in [-0.3, -0.25) is 9.59 Å². The first-order valence-electron chi connectivity index (χ1n) is 15.1. The number of fused-ring (bicyclic) bond motifs is 1. The van der Waals surface area contributed by atoms with E-state index in [0.717, 1.165) is 48.6 Å². The first kappa shape index (κ1) is 28.8. The van der Waals surface area contributed by atoms with E-state index in [0.29, 0.717) is 45.3 Å². The van der Waals surface area contributed by atoms with E-state index in [2.05, 4.69) is 30.1 Å². The minimum Gasteiger partial charge on any atom is -0.378 e. The fourth-order valence-corrected chi connectivity index (χ4v) is 7.89. The Morgan fingerprint density at radius 1 is 1.07 bits per heavy atom. The van der Waals surface area contributed by atoms with Gasteiger partial charge in [0.05, 0.1) is 18.5 Å². The SMILES string of the molecule is CC(C)CN1C(=O)C(CC(=O)N2CCC(N3Cc4ccccc4NC3=O)CC2)SC1c1cccnc1N1CCOCC1. The Kier molecular flexibility index (Phi) is 8.57. The molecule has 1 aromatic carbocycles. The van der Waals surface area contributed by atoms with Crippen molar-refractivity contribution in [1.29, 1.82) is 0 Å². The van der Waals surface area contributed by atoms with Crippen LogP contribution >= 0.6 is 11.8 Å². The highest BCUT2D eigenvalue weighted by molar-refractivity contribution is 8.01. The number of nitrogens with one attached hydrogen (secondary N) is 1. The van der Waals surface area contributed by atoms with Crippen molar-refractivity contribution in [1.82, 2.24) is 19.7 Å². The minimum atomic E-state index is -0.430. The molecule has 0 bridgehead atoms. The van der Waals surface area contributed by atoms with E-state index in [1.165, 1.54) is 0 Å². The first-order chi connectivity index (χ1) is 20.4. The second-order valence-corrected chi connectivity index (χ2v) is 13.2. The van der Waals surface area contributed by atoms with Gasteiger partial charge < -0.3 is 29.7 Å². The van der Waals surface area contributed by atoms with Gasteiger partial charge in [-0.25, -0.2) is 9.78 Å². The van der Waals surface area contributed by atoms with Crippen molar-refractivity contribution in [2.75, 3.05) is 56.2 Å². The van der Waals surface area contributed by atoms with Crippen LogP contribution < -0.4 is 10.2 Å². The van der Waals surface area contributed by atoms with E-state index in [4.69, 9.17) is 9.72 Å². The number of hydrogen-bond donors (Lipinski definition) is 1. The van der Waals surface area contributed by atoms with E-state index >= 15 is 0 Å². The van der Waals surface area contributed by atoms with Gasteiger partial charge in [0.25, 0.3) is 0 Å². The van der Waals surface area contributed by atoms with Crippen molar-refractivity contribution in [3.8, 4) is 0 Å². The van der Waals surface area contributed by atoms with Crippen LogP contribution in [0.5, 0.6) is 0 Å². The number of carbonyl (C=O) groups is 3. The molecule has 2 atom stereocenters. The first-order valence-corrected chi connectivity index (χ1v) is 16.0. The Morgan fingerprint density at radius 2 is 1.83 bits per heavy atom. The number of urea groups is 1. The average Bonchev–Trinajstić information content (AvgIpc) is 3.30. The number of nitrogens with zero attached hydrogens (tertiary/aromatic N) is 5. The molecule has 0 spiro atoms. The molecule has 1 N–H and O–H groups in total. The fraction of sp³-hybridized carbons (Fsp3) is 0.548. The number of piperidine rings is 1. The number of para-hydroxylation sites is 1. The summed E-state index contributed by atoms with van der Waals surface area (Å²) in [4.78, 5) is 52.7. The van der Waals surface area contributed by atoms with Crippen molar-refractivity contribution >= 4 is 41.1 Å². The number of hydrogen-bond acceptors (Lipinski definition) is 7. The summed E-state index contributed by atoms with van der Waals surface area (Å²) in [6, 6.07) is 11.9. The van der Waals surface area contributed by atoms with Gasteiger partial charge in [-0.2, -0.15) is 0 Å². The third-order valence-electron chi connectivity index (χ3n) is 8.57. The van der Waals surface area contributed by atoms with E-state index in [-0.39, 0.29) is 35.7 Å². The van der Waals surface area contributed by atoms with E-state index in [1.54, 1.807) is 18.0 Å². The number of morpholine rings is 1. The summed E-state index contributed by atoms with van der Waals surface area (Å²) in [6.45, 7) is 9.47. The zero-order valence-corrected chi connectivity index (χ0v) is 25.2. The van der Waals surface area contributed by atoms with Crippen LogP contribution in [-0.4, -0.2) is 94.8 Å². The molecule has 2 unspecified atom stereocenters. The largest absolute Gasteiger partial charge is 0.378 e. The molecule has 224 valence electrons. The van der Waals surface area contributed by atoms with Crippen LogP contribution in [-0.2, 0) is 20.9 Å². The molecule has 3 fully saturated rings. The number of aromatic nitrogens is 1. The molecule has 4 aliphatic heterocycles. The maximum Gasteiger partial charge on any atom is 0.322 e. The van der Waals surface area contributed by atoms with Crippen molar-refractivity contribution in [2.24, 2.45) is 5.92 Å². The number of carbonyl (C=O) groups excluding carboxylic acids is 3. The summed E-state index contributed by atoms with van der Waals surface area (Å²) >= 11 is 1.58. The molecule has 11 heteroatoms. The molecule has 1 aromatic heterocycles. The molecular formula is C31H40N6O4S. The van der Waals surface area contributed by atoms with Gasteiger partial charge in [-0.15, -0.1) is 11.8 Å². The molecule has 4 amide bonds. The van der Waals surface area contributed by atoms with Crippen LogP contribution in [0.1, 0.15) is 49.6 Å². The Hall–Kier alpha value is -3.31. The lowest BCUT2D eigenvalue weighted by atomic mass is 10.0. The van der Waals surface area contributed by atoms with Crippen LogP contribution in [0.3, 0.4) is 0 Å². The van der Waals surface area contributed by atoms with Crippen LogP contribution in [0, 0.1) is 5.92 Å². The number of benzene rings is 1. The molecule has 5 heterocycles. The van der Waals surface area contributed by atoms with Crippen LogP contribution in [0.25, 0.3) is 0 Å². The second kappa shape index (κ2) is 12.5. The van der Waals surface area contributed by atoms with Crippen molar-refractivity contribution in [2.45, 2.75) is 56.3 Å². The fourth-order valence-electron chi connectivity index (χ4n) is 6.42. The van der Waals surface area contributed by atoms with Crippen LogP contribution in [0.2, 0.25) is 0 Å². The lowest BCUT2D eigenvalue weighted by Crippen LogP contribution is -2.51. The van der Waals surface area contributed by atoms with E-state index in [9.17, 15) is 14.4 Å². The standard InChI is InChI=1S/C31H40N6O4S/c1-21(2)19-37-29(39)26(42-30(37)24-7-5-11-32-28(24)35-14-16-41-17-15-35)18-27(38)34-12-9-23(10-13-34)36-20-22-6-3-4-8-25(22)33-31(36)40/h3-8,11,21,23,26,30H,9-10,12-20H2,1-2H3,(H,33,40). The quantitative estimate of drug-likeness (QED) is 0.520. The Balaban J connectivity index is 1.11. The maximum atomic E-state index is 13.8. The number of pyridine rings is 1. The van der Waals surface area contributed by atoms with Crippen molar-refractivity contribution in [3.05, 3.63) is 53.7 Å². The molecule has 10 nitrogen and oxygen atoms in total. The summed E-state index contributed by atoms with van der Waals surface area (Å²) in [7, 11) is 0. The Labute approximate surface area is 251 Å². The molecule has 2 aromatic rings. The topological polar surface area (TPSA) is 98.3 Å². The predicted octanol–water partition coefficient (Wildman–Crippen LogP) is 3.95. The molecule has 42 heavy (non-hydrogen) atoms. The van der Waals surface area contributed by atoms with E-state index < -0.39 is 5.25 Å². The molecule has 3 saturated heterocycles. The third kappa shape index (κ3) is 5.94. The summed E-state index contributed by atoms with van der Waals surface area (Å²) in [5.74, 6) is 1.24. The molecule has 0 aliphatic carbocycles. The number of amides is 4. The second-order valence-electron chi connectivity index (χ2n) is 11.9. The normalized spacial score (nSPS) is 23.4. The highest BCUT2D eigenvalue weighted by Crippen LogP contribution is 2.47. The number of likely N-dealkylation sites (tertiary alicyclic amines) is 1. The summed E-state index contributed by atoms with van der Waals surface area (Å²) in [6.07, 6.45) is 3.45. The lowest BCUT2D eigenvalue weighted by molar-refractivity contribution is -0.137. The minimum absolute atomic E-state index is 0.0116. The summed E-state index contributed by atoms with van der Waals surface area (Å²) in [5, 5.41) is 2.39. The van der Waals surface area contributed by atoms with Crippen molar-refractivity contribution in [3.63, 3.8) is 0 Å². The average molecular weight is 593 g/mol. The van der Waals surface area contributed by atoms with Crippen LogP contribution in [0.4, 0.5) is 16.3 Å². The predicted molar refractivity (Wildman–Crippen MR) is 163 cm³/mol. The molecular weight excluding hydrogens is 552 g/mol. The number of thioether (sulfide) groups is 1. The van der Waals surface area contributed by atoms with Gasteiger partial charge in [0.2, 0.25) is 11.8 Å². The zero-order valence-electron chi connectivity index (χ0n) is 24.4. The molecule has 6 rings (SSSR count). The van der Waals surface area contributed by atoms with Gasteiger partial charge in [0.1, 0.15) is 11.2 Å². The zero-order chi connectivity index (χ0) is 29.2. The molecule has 0 radical (unpaired) electrons. The van der Waals surface area contributed by atoms with Gasteiger partial charge in [-0.05, 0) is 36.5 Å². The lowest BCUT2D eigenvalue weighted by Gasteiger charge is -2.40. The van der Waals surface area contributed by atoms with Crippen LogP contribution in [0.15, 0.2) is 42.6 Å². The number of anilines is 2. The van der Waals surface area contributed by atoms with Gasteiger partial charge in [0.15, 0.2) is 0 Å². The third-order valence-corrected chi connectivity index (χ3v) is 10.0. The molecule has 4 aliphatic rings. The number of ether oxygens (including phenoxy) is 1. The summed E-state index contributed by atoms with van der Waals surface area (Å²) in [5.41, 5.74) is 3.01. The highest BCUT2D eigenvalue weighted by Gasteiger charge is 2.44.